The minimum Gasteiger partial charge on any atom is -0.500 e. The van der Waals surface area contributed by atoms with Crippen LogP contribution in [0.3, 0.4) is 0 Å². The quantitative estimate of drug-likeness (QED) is 0.0811. The molecule has 2 fully saturated rings. The van der Waals surface area contributed by atoms with Gasteiger partial charge in [0, 0.05) is 69.0 Å². The average Bonchev–Trinajstić information content (AvgIpc) is 3.82. The molecule has 62 heavy (non-hydrogen) atoms. The molecule has 2 aromatic heterocycles. The van der Waals surface area contributed by atoms with E-state index in [0.717, 1.165) is 80.9 Å². The Hall–Kier alpha value is -6.49. The molecule has 4 N–H and O–H groups in total. The van der Waals surface area contributed by atoms with Gasteiger partial charge in [-0.25, -0.2) is 14.4 Å². The van der Waals surface area contributed by atoms with Crippen LogP contribution < -0.4 is 20.9 Å². The van der Waals surface area contributed by atoms with Crippen molar-refractivity contribution in [3.05, 3.63) is 83.3 Å². The number of hydrogen-bond donors (Lipinski definition) is 4. The predicted octanol–water partition coefficient (Wildman–Crippen LogP) is 5.12. The smallest absolute Gasteiger partial charge is 0.264 e. The first-order chi connectivity index (χ1) is 30.2. The van der Waals surface area contributed by atoms with E-state index in [0.29, 0.717) is 60.6 Å². The Morgan fingerprint density at radius 2 is 1.68 bits per heavy atom. The van der Waals surface area contributed by atoms with Crippen molar-refractivity contribution in [3.8, 4) is 11.3 Å². The summed E-state index contributed by atoms with van der Waals surface area (Å²) in [6.45, 7) is 4.81. The van der Waals surface area contributed by atoms with Gasteiger partial charge >= 0.3 is 0 Å². The van der Waals surface area contributed by atoms with Crippen molar-refractivity contribution >= 4 is 57.5 Å². The SMILES string of the molecule is COC1=C(c2ncc3[nH]nc(-c4ccc(N5CCN(CC(=O)NCCCCCCCCNc6cccc7c6C(=O)N(C6CCC(=O)NC6=O)C7=O)CC5)cc4)c3n2)C(F)=CCC1. The number of rotatable bonds is 17. The molecule has 5 heterocycles. The third-order valence-corrected chi connectivity index (χ3v) is 11.9. The fraction of sp³-hybridized carbons (Fsp3) is 0.422. The van der Waals surface area contributed by atoms with E-state index < -0.39 is 29.7 Å². The number of hydrogen-bond acceptors (Lipinski definition) is 12. The molecule has 0 spiro atoms. The predicted molar refractivity (Wildman–Crippen MR) is 230 cm³/mol. The van der Waals surface area contributed by atoms with Crippen molar-refractivity contribution in [2.24, 2.45) is 0 Å². The number of allylic oxidation sites excluding steroid dienone is 4. The van der Waals surface area contributed by atoms with Crippen molar-refractivity contribution in [3.63, 3.8) is 0 Å². The lowest BCUT2D eigenvalue weighted by Crippen LogP contribution is -2.54. The molecule has 16 nitrogen and oxygen atoms in total. The van der Waals surface area contributed by atoms with E-state index in [1.54, 1.807) is 24.4 Å². The molecule has 8 rings (SSSR count). The van der Waals surface area contributed by atoms with Gasteiger partial charge in [0.15, 0.2) is 5.82 Å². The summed E-state index contributed by atoms with van der Waals surface area (Å²) in [7, 11) is 1.53. The van der Waals surface area contributed by atoms with Gasteiger partial charge in [0.2, 0.25) is 17.7 Å². The van der Waals surface area contributed by atoms with Gasteiger partial charge in [0.1, 0.15) is 34.4 Å². The van der Waals surface area contributed by atoms with Gasteiger partial charge in [0.05, 0.1) is 36.6 Å². The number of nitrogens with zero attached hydrogens (tertiary/aromatic N) is 6. The van der Waals surface area contributed by atoms with E-state index >= 15 is 0 Å². The molecule has 17 heteroatoms. The molecular weight excluding hydrogens is 796 g/mol. The van der Waals surface area contributed by atoms with Crippen LogP contribution in [0.4, 0.5) is 15.8 Å². The van der Waals surface area contributed by atoms with Gasteiger partial charge < -0.3 is 20.3 Å². The monoisotopic (exact) mass is 846 g/mol. The van der Waals surface area contributed by atoms with E-state index in [2.05, 4.69) is 53.1 Å². The Morgan fingerprint density at radius 1 is 0.919 bits per heavy atom. The maximum Gasteiger partial charge on any atom is 0.264 e. The normalized spacial score (nSPS) is 18.3. The first-order valence-electron chi connectivity index (χ1n) is 21.5. The summed E-state index contributed by atoms with van der Waals surface area (Å²) in [6.07, 6.45) is 10.4. The number of H-pyrrole nitrogens is 1. The van der Waals surface area contributed by atoms with Crippen LogP contribution in [0.25, 0.3) is 27.9 Å². The van der Waals surface area contributed by atoms with Crippen LogP contribution in [0.1, 0.15) is 90.7 Å². The van der Waals surface area contributed by atoms with Crippen LogP contribution in [0.2, 0.25) is 0 Å². The number of nitrogens with one attached hydrogen (secondary N) is 4. The molecule has 5 amide bonds. The lowest BCUT2D eigenvalue weighted by atomic mass is 10.0. The summed E-state index contributed by atoms with van der Waals surface area (Å²) in [5, 5.41) is 16.1. The zero-order valence-corrected chi connectivity index (χ0v) is 34.8. The second kappa shape index (κ2) is 19.1. The summed E-state index contributed by atoms with van der Waals surface area (Å²) in [5.41, 5.74) is 5.28. The highest BCUT2D eigenvalue weighted by Crippen LogP contribution is 2.35. The van der Waals surface area contributed by atoms with Gasteiger partial charge in [-0.05, 0) is 56.0 Å². The van der Waals surface area contributed by atoms with E-state index in [4.69, 9.17) is 9.72 Å². The molecule has 4 aliphatic rings. The molecule has 0 radical (unpaired) electrons. The van der Waals surface area contributed by atoms with Crippen molar-refractivity contribution in [1.82, 2.24) is 40.6 Å². The van der Waals surface area contributed by atoms with Crippen LogP contribution in [-0.4, -0.2) is 118 Å². The maximum atomic E-state index is 14.8. The zero-order valence-electron chi connectivity index (χ0n) is 34.8. The van der Waals surface area contributed by atoms with Gasteiger partial charge in [-0.2, -0.15) is 5.10 Å². The van der Waals surface area contributed by atoms with Crippen molar-refractivity contribution in [2.75, 3.05) is 63.1 Å². The number of fused-ring (bicyclic) bond motifs is 2. The topological polar surface area (TPSA) is 195 Å². The largest absolute Gasteiger partial charge is 0.500 e. The molecule has 1 unspecified atom stereocenters. The van der Waals surface area contributed by atoms with Crippen molar-refractivity contribution in [1.29, 1.82) is 0 Å². The number of ether oxygens (including phenoxy) is 1. The highest BCUT2D eigenvalue weighted by molar-refractivity contribution is 6.25. The fourth-order valence-electron chi connectivity index (χ4n) is 8.58. The summed E-state index contributed by atoms with van der Waals surface area (Å²) in [5.74, 6) is -1.60. The van der Waals surface area contributed by atoms with E-state index in [1.807, 2.05) is 12.1 Å². The molecule has 324 valence electrons. The van der Waals surface area contributed by atoms with Crippen molar-refractivity contribution in [2.45, 2.75) is 70.3 Å². The number of anilines is 2. The number of carbonyl (C=O) groups is 5. The second-order valence-electron chi connectivity index (χ2n) is 16.0. The van der Waals surface area contributed by atoms with E-state index in [9.17, 15) is 28.4 Å². The zero-order chi connectivity index (χ0) is 43.2. The Labute approximate surface area is 358 Å². The summed E-state index contributed by atoms with van der Waals surface area (Å²) in [4.78, 5) is 77.6. The Kier molecular flexibility index (Phi) is 13.0. The fourth-order valence-corrected chi connectivity index (χ4v) is 8.58. The molecule has 2 aromatic carbocycles. The molecule has 3 aliphatic heterocycles. The standard InChI is InChI=1S/C45H51FN10O6/c1-62-35-13-9-11-31(46)39(35)42-49-26-33-41(51-42)40(53-52-33)28-14-16-29(17-15-28)55-24-22-54(23-25-55)27-37(58)48-21-7-5-3-2-4-6-20-47-32-12-8-10-30-38(32)45(61)56(44(30)60)34-18-19-36(57)50-43(34)59/h8,10-12,14-17,26,34,47H,2-7,9,13,18-25,27H2,1H3,(H,48,58)(H,52,53)(H,50,57,59). The number of unbranched alkanes of at least 4 members (excludes halogenated alkanes) is 5. The number of halogens is 1. The average molecular weight is 847 g/mol. The number of aromatic amines is 1. The van der Waals surface area contributed by atoms with Gasteiger partial charge in [-0.1, -0.05) is 43.9 Å². The van der Waals surface area contributed by atoms with Crippen molar-refractivity contribution < 1.29 is 33.1 Å². The van der Waals surface area contributed by atoms with E-state index in [-0.39, 0.29) is 47.1 Å². The summed E-state index contributed by atoms with van der Waals surface area (Å²) < 4.78 is 20.3. The third-order valence-electron chi connectivity index (χ3n) is 11.9. The molecule has 1 atom stereocenters. The molecule has 0 bridgehead atoms. The number of imide groups is 2. The minimum absolute atomic E-state index is 0.0388. The maximum absolute atomic E-state index is 14.8. The lowest BCUT2D eigenvalue weighted by Gasteiger charge is -2.35. The molecule has 2 saturated heterocycles. The summed E-state index contributed by atoms with van der Waals surface area (Å²) >= 11 is 0. The van der Waals surface area contributed by atoms with Crippen LogP contribution in [0.5, 0.6) is 0 Å². The number of piperidine rings is 1. The summed E-state index contributed by atoms with van der Waals surface area (Å²) in [6, 6.07) is 12.2. The second-order valence-corrected chi connectivity index (χ2v) is 16.0. The van der Waals surface area contributed by atoms with Crippen LogP contribution in [0.15, 0.2) is 66.3 Å². The first-order valence-corrected chi connectivity index (χ1v) is 21.5. The number of benzene rings is 2. The van der Waals surface area contributed by atoms with Gasteiger partial charge in [-0.3, -0.25) is 44.2 Å². The third kappa shape index (κ3) is 9.07. The Morgan fingerprint density at radius 3 is 2.44 bits per heavy atom. The number of carbonyl (C=O) groups excluding carboxylic acids is 5. The highest BCUT2D eigenvalue weighted by Gasteiger charge is 2.45. The number of piperazine rings is 1. The molecule has 1 aliphatic carbocycles. The number of aromatic nitrogens is 4. The molecule has 0 saturated carbocycles. The highest BCUT2D eigenvalue weighted by atomic mass is 19.1. The minimum atomic E-state index is -0.991. The Balaban J connectivity index is 0.704. The van der Waals surface area contributed by atoms with E-state index in [1.165, 1.54) is 13.2 Å². The van der Waals surface area contributed by atoms with Gasteiger partial charge in [0.25, 0.3) is 11.8 Å². The van der Waals surface area contributed by atoms with Crippen LogP contribution >= 0.6 is 0 Å². The number of amides is 5. The first kappa shape index (κ1) is 42.2. The van der Waals surface area contributed by atoms with Gasteiger partial charge in [-0.15, -0.1) is 0 Å². The van der Waals surface area contributed by atoms with Crippen LogP contribution in [0, 0.1) is 0 Å². The Bertz CT molecular complexity index is 2420. The lowest BCUT2D eigenvalue weighted by molar-refractivity contribution is -0.136. The number of methoxy groups -OCH3 is 1. The van der Waals surface area contributed by atoms with Crippen LogP contribution in [-0.2, 0) is 19.1 Å². The molecular formula is C45H51FN10O6. The molecule has 4 aromatic rings.